The summed E-state index contributed by atoms with van der Waals surface area (Å²) in [6.07, 6.45) is 4.36. The van der Waals surface area contributed by atoms with Crippen molar-refractivity contribution in [2.75, 3.05) is 25.5 Å². The van der Waals surface area contributed by atoms with Crippen LogP contribution >= 0.6 is 0 Å². The molecule has 3 aromatic rings. The number of anilines is 1. The third-order valence-electron chi connectivity index (χ3n) is 4.50. The number of likely N-dealkylation sites (N-methyl/N-ethyl adjacent to an activating group) is 1. The van der Waals surface area contributed by atoms with Gasteiger partial charge in [-0.25, -0.2) is 0 Å². The first-order chi connectivity index (χ1) is 11.3. The van der Waals surface area contributed by atoms with Crippen LogP contribution in [-0.4, -0.2) is 46.3 Å². The van der Waals surface area contributed by atoms with Gasteiger partial charge in [0.25, 0.3) is 0 Å². The maximum atomic E-state index is 4.48. The Kier molecular flexibility index (Phi) is 3.71. The molecule has 1 aliphatic heterocycles. The van der Waals surface area contributed by atoms with Crippen molar-refractivity contribution in [2.24, 2.45) is 0 Å². The van der Waals surface area contributed by atoms with Gasteiger partial charge < -0.3 is 15.2 Å². The molecule has 2 N–H and O–H groups in total. The molecular formula is C18H21N5. The van der Waals surface area contributed by atoms with Gasteiger partial charge in [-0.2, -0.15) is 0 Å². The standard InChI is InChI=1S/C18H21N5/c1-23-11-5-8-14(12-23)20-18-15-9-10-19-17(15)16(21-22-18)13-6-3-2-4-7-13/h2-4,6-7,9-10,14,19H,5,8,11-12H2,1H3,(H,20,22)/t14-/m1/s1. The molecule has 0 radical (unpaired) electrons. The van der Waals surface area contributed by atoms with E-state index in [0.29, 0.717) is 6.04 Å². The van der Waals surface area contributed by atoms with E-state index in [4.69, 9.17) is 0 Å². The number of rotatable bonds is 3. The number of likely N-dealkylation sites (tertiary alicyclic amines) is 1. The van der Waals surface area contributed by atoms with Gasteiger partial charge in [0.2, 0.25) is 0 Å². The lowest BCUT2D eigenvalue weighted by Crippen LogP contribution is -2.40. The Balaban J connectivity index is 1.69. The number of H-pyrrole nitrogens is 1. The molecule has 1 aliphatic rings. The molecule has 0 saturated carbocycles. The number of benzene rings is 1. The summed E-state index contributed by atoms with van der Waals surface area (Å²) in [5.41, 5.74) is 3.02. The van der Waals surface area contributed by atoms with E-state index < -0.39 is 0 Å². The van der Waals surface area contributed by atoms with Gasteiger partial charge in [-0.05, 0) is 32.5 Å². The van der Waals surface area contributed by atoms with Gasteiger partial charge in [0, 0.05) is 29.7 Å². The van der Waals surface area contributed by atoms with E-state index in [-0.39, 0.29) is 0 Å². The number of aromatic amines is 1. The van der Waals surface area contributed by atoms with Gasteiger partial charge >= 0.3 is 0 Å². The van der Waals surface area contributed by atoms with E-state index in [2.05, 4.69) is 50.6 Å². The molecule has 1 fully saturated rings. The molecule has 1 aromatic carbocycles. The predicted molar refractivity (Wildman–Crippen MR) is 93.5 cm³/mol. The van der Waals surface area contributed by atoms with Crippen molar-refractivity contribution in [1.82, 2.24) is 20.1 Å². The molecule has 2 aromatic heterocycles. The Morgan fingerprint density at radius 1 is 1.17 bits per heavy atom. The minimum Gasteiger partial charge on any atom is -0.364 e. The molecule has 0 spiro atoms. The average Bonchev–Trinajstić information content (AvgIpc) is 3.06. The predicted octanol–water partition coefficient (Wildman–Crippen LogP) is 3.13. The first kappa shape index (κ1) is 14.2. The molecule has 3 heterocycles. The lowest BCUT2D eigenvalue weighted by atomic mass is 10.1. The van der Waals surface area contributed by atoms with Crippen molar-refractivity contribution in [3.63, 3.8) is 0 Å². The number of nitrogens with zero attached hydrogens (tertiary/aromatic N) is 3. The Labute approximate surface area is 135 Å². The minimum absolute atomic E-state index is 0.434. The lowest BCUT2D eigenvalue weighted by Gasteiger charge is -2.30. The van der Waals surface area contributed by atoms with Crippen LogP contribution in [0.3, 0.4) is 0 Å². The van der Waals surface area contributed by atoms with E-state index in [1.807, 2.05) is 24.4 Å². The summed E-state index contributed by atoms with van der Waals surface area (Å²) in [5.74, 6) is 0.876. The molecule has 0 aliphatic carbocycles. The number of nitrogens with one attached hydrogen (secondary N) is 2. The van der Waals surface area contributed by atoms with Crippen LogP contribution in [0.4, 0.5) is 5.82 Å². The number of aromatic nitrogens is 3. The highest BCUT2D eigenvalue weighted by Gasteiger charge is 2.19. The number of fused-ring (bicyclic) bond motifs is 1. The SMILES string of the molecule is CN1CCC[C@@H](Nc2nnc(-c3ccccc3)c3[nH]ccc23)C1. The molecule has 1 atom stereocenters. The fourth-order valence-corrected chi connectivity index (χ4v) is 3.35. The highest BCUT2D eigenvalue weighted by atomic mass is 15.2. The summed E-state index contributed by atoms with van der Waals surface area (Å²) >= 11 is 0. The second-order valence-electron chi connectivity index (χ2n) is 6.28. The highest BCUT2D eigenvalue weighted by Crippen LogP contribution is 2.29. The molecule has 4 rings (SSSR count). The van der Waals surface area contributed by atoms with Crippen molar-refractivity contribution in [2.45, 2.75) is 18.9 Å². The fraction of sp³-hybridized carbons (Fsp3) is 0.333. The van der Waals surface area contributed by atoms with Crippen LogP contribution in [0, 0.1) is 0 Å². The lowest BCUT2D eigenvalue weighted by molar-refractivity contribution is 0.261. The molecule has 0 unspecified atom stereocenters. The Hall–Kier alpha value is -2.40. The first-order valence-electron chi connectivity index (χ1n) is 8.15. The van der Waals surface area contributed by atoms with E-state index in [9.17, 15) is 0 Å². The summed E-state index contributed by atoms with van der Waals surface area (Å²) in [4.78, 5) is 5.68. The second-order valence-corrected chi connectivity index (χ2v) is 6.28. The topological polar surface area (TPSA) is 56.8 Å². The fourth-order valence-electron chi connectivity index (χ4n) is 3.35. The van der Waals surface area contributed by atoms with Crippen LogP contribution in [0.1, 0.15) is 12.8 Å². The molecule has 118 valence electrons. The summed E-state index contributed by atoms with van der Waals surface area (Å²) in [5, 5.41) is 13.6. The van der Waals surface area contributed by atoms with Crippen molar-refractivity contribution < 1.29 is 0 Å². The van der Waals surface area contributed by atoms with Crippen molar-refractivity contribution in [3.8, 4) is 11.3 Å². The second kappa shape index (κ2) is 6.01. The maximum absolute atomic E-state index is 4.48. The van der Waals surface area contributed by atoms with Crippen LogP contribution in [0.2, 0.25) is 0 Å². The average molecular weight is 307 g/mol. The van der Waals surface area contributed by atoms with E-state index in [1.54, 1.807) is 0 Å². The minimum atomic E-state index is 0.434. The Morgan fingerprint density at radius 2 is 2.04 bits per heavy atom. The van der Waals surface area contributed by atoms with Gasteiger partial charge in [-0.1, -0.05) is 30.3 Å². The zero-order valence-corrected chi connectivity index (χ0v) is 13.3. The first-order valence-corrected chi connectivity index (χ1v) is 8.15. The quantitative estimate of drug-likeness (QED) is 0.780. The Bertz CT molecular complexity index is 796. The van der Waals surface area contributed by atoms with Crippen LogP contribution in [0.15, 0.2) is 42.6 Å². The normalized spacial score (nSPS) is 19.1. The number of hydrogen-bond donors (Lipinski definition) is 2. The summed E-state index contributed by atoms with van der Waals surface area (Å²) in [7, 11) is 2.17. The van der Waals surface area contributed by atoms with E-state index >= 15 is 0 Å². The van der Waals surface area contributed by atoms with E-state index in [1.165, 1.54) is 19.4 Å². The van der Waals surface area contributed by atoms with Crippen molar-refractivity contribution >= 4 is 16.7 Å². The zero-order chi connectivity index (χ0) is 15.6. The molecule has 0 bridgehead atoms. The van der Waals surface area contributed by atoms with Gasteiger partial charge in [0.15, 0.2) is 5.82 Å². The molecule has 0 amide bonds. The largest absolute Gasteiger partial charge is 0.364 e. The maximum Gasteiger partial charge on any atom is 0.158 e. The van der Waals surface area contributed by atoms with Crippen LogP contribution in [0.25, 0.3) is 22.2 Å². The monoisotopic (exact) mass is 307 g/mol. The smallest absolute Gasteiger partial charge is 0.158 e. The van der Waals surface area contributed by atoms with Crippen LogP contribution in [-0.2, 0) is 0 Å². The Morgan fingerprint density at radius 3 is 2.87 bits per heavy atom. The highest BCUT2D eigenvalue weighted by molar-refractivity contribution is 5.97. The van der Waals surface area contributed by atoms with Crippen LogP contribution < -0.4 is 5.32 Å². The van der Waals surface area contributed by atoms with Gasteiger partial charge in [0.1, 0.15) is 5.69 Å². The number of piperidine rings is 1. The molecule has 23 heavy (non-hydrogen) atoms. The summed E-state index contributed by atoms with van der Waals surface area (Å²) in [6, 6.07) is 12.7. The van der Waals surface area contributed by atoms with Crippen molar-refractivity contribution in [1.29, 1.82) is 0 Å². The number of hydrogen-bond acceptors (Lipinski definition) is 4. The molecule has 1 saturated heterocycles. The van der Waals surface area contributed by atoms with E-state index in [0.717, 1.165) is 34.5 Å². The van der Waals surface area contributed by atoms with Gasteiger partial charge in [0.05, 0.1) is 5.52 Å². The van der Waals surface area contributed by atoms with Gasteiger partial charge in [-0.15, -0.1) is 10.2 Å². The molecule has 5 heteroatoms. The molecule has 5 nitrogen and oxygen atoms in total. The molecular weight excluding hydrogens is 286 g/mol. The van der Waals surface area contributed by atoms with Crippen molar-refractivity contribution in [3.05, 3.63) is 42.6 Å². The van der Waals surface area contributed by atoms with Crippen LogP contribution in [0.5, 0.6) is 0 Å². The third kappa shape index (κ3) is 2.80. The third-order valence-corrected chi connectivity index (χ3v) is 4.50. The zero-order valence-electron chi connectivity index (χ0n) is 13.3. The summed E-state index contributed by atoms with van der Waals surface area (Å²) in [6.45, 7) is 2.23. The van der Waals surface area contributed by atoms with Gasteiger partial charge in [-0.3, -0.25) is 0 Å². The summed E-state index contributed by atoms with van der Waals surface area (Å²) < 4.78 is 0.